The van der Waals surface area contributed by atoms with E-state index in [0.29, 0.717) is 6.54 Å². The molecular formula is C11H11BrN2O. The highest BCUT2D eigenvalue weighted by Crippen LogP contribution is 2.14. The van der Waals surface area contributed by atoms with Crippen LogP contribution in [0.4, 0.5) is 0 Å². The highest BCUT2D eigenvalue weighted by Gasteiger charge is 2.03. The Morgan fingerprint density at radius 1 is 1.27 bits per heavy atom. The summed E-state index contributed by atoms with van der Waals surface area (Å²) in [5, 5.41) is 3.84. The number of hydrogen-bond donors (Lipinski definition) is 1. The van der Waals surface area contributed by atoms with E-state index in [9.17, 15) is 0 Å². The second kappa shape index (κ2) is 4.59. The van der Waals surface area contributed by atoms with Gasteiger partial charge in [-0.3, -0.25) is 0 Å². The van der Waals surface area contributed by atoms with Crippen molar-refractivity contribution in [2.45, 2.75) is 13.0 Å². The van der Waals surface area contributed by atoms with Gasteiger partial charge in [-0.05, 0) is 17.7 Å². The van der Waals surface area contributed by atoms with E-state index in [4.69, 9.17) is 10.3 Å². The second-order valence-electron chi connectivity index (χ2n) is 3.29. The zero-order chi connectivity index (χ0) is 10.7. The molecule has 0 bridgehead atoms. The smallest absolute Gasteiger partial charge is 0.141 e. The maximum atomic E-state index is 5.45. The summed E-state index contributed by atoms with van der Waals surface area (Å²) >= 11 is 3.39. The molecule has 0 amide bonds. The summed E-state index contributed by atoms with van der Waals surface area (Å²) in [6, 6.07) is 10.0. The Kier molecular flexibility index (Phi) is 3.18. The summed E-state index contributed by atoms with van der Waals surface area (Å²) in [6.45, 7) is 0.420. The van der Waals surface area contributed by atoms with Gasteiger partial charge in [0.2, 0.25) is 0 Å². The quantitative estimate of drug-likeness (QED) is 0.929. The summed E-state index contributed by atoms with van der Waals surface area (Å²) in [5.74, 6) is 0.845. The summed E-state index contributed by atoms with van der Waals surface area (Å²) in [6.07, 6.45) is 0.750. The lowest BCUT2D eigenvalue weighted by Crippen LogP contribution is -1.95. The molecule has 2 N–H and O–H groups in total. The molecule has 78 valence electrons. The molecule has 0 spiro atoms. The lowest BCUT2D eigenvalue weighted by atomic mass is 10.1. The Hall–Kier alpha value is -1.13. The van der Waals surface area contributed by atoms with Crippen molar-refractivity contribution in [1.82, 2.24) is 5.16 Å². The third-order valence-corrected chi connectivity index (χ3v) is 2.64. The molecule has 0 unspecified atom stereocenters. The average Bonchev–Trinajstić information content (AvgIpc) is 2.69. The number of rotatable bonds is 3. The van der Waals surface area contributed by atoms with E-state index in [0.717, 1.165) is 22.3 Å². The van der Waals surface area contributed by atoms with E-state index in [1.54, 1.807) is 0 Å². The molecule has 0 aliphatic heterocycles. The average molecular weight is 267 g/mol. The van der Waals surface area contributed by atoms with Crippen LogP contribution in [-0.2, 0) is 13.0 Å². The topological polar surface area (TPSA) is 52.0 Å². The largest absolute Gasteiger partial charge is 0.361 e. The molecule has 0 radical (unpaired) electrons. The van der Waals surface area contributed by atoms with Gasteiger partial charge in [0.25, 0.3) is 0 Å². The molecule has 1 heterocycles. The first-order chi connectivity index (χ1) is 7.28. The van der Waals surface area contributed by atoms with E-state index in [-0.39, 0.29) is 0 Å². The minimum atomic E-state index is 0.420. The third-order valence-electron chi connectivity index (χ3n) is 2.11. The molecular weight excluding hydrogens is 256 g/mol. The zero-order valence-electron chi connectivity index (χ0n) is 8.11. The van der Waals surface area contributed by atoms with Crippen LogP contribution in [-0.4, -0.2) is 5.16 Å². The Morgan fingerprint density at radius 2 is 2.00 bits per heavy atom. The molecule has 2 rings (SSSR count). The number of aromatic nitrogens is 1. The zero-order valence-corrected chi connectivity index (χ0v) is 9.70. The first-order valence-electron chi connectivity index (χ1n) is 4.67. The van der Waals surface area contributed by atoms with Crippen LogP contribution in [0.5, 0.6) is 0 Å². The van der Waals surface area contributed by atoms with Crippen LogP contribution in [0.15, 0.2) is 39.3 Å². The van der Waals surface area contributed by atoms with Gasteiger partial charge in [-0.2, -0.15) is 0 Å². The van der Waals surface area contributed by atoms with E-state index < -0.39 is 0 Å². The van der Waals surface area contributed by atoms with Crippen LogP contribution in [0.2, 0.25) is 0 Å². The van der Waals surface area contributed by atoms with Gasteiger partial charge in [0.05, 0.1) is 5.69 Å². The Balaban J connectivity index is 2.11. The van der Waals surface area contributed by atoms with Gasteiger partial charge in [0.1, 0.15) is 5.76 Å². The van der Waals surface area contributed by atoms with Gasteiger partial charge in [0, 0.05) is 23.5 Å². The molecule has 0 aliphatic carbocycles. The van der Waals surface area contributed by atoms with Crippen molar-refractivity contribution < 1.29 is 4.52 Å². The normalized spacial score (nSPS) is 10.5. The molecule has 1 aromatic heterocycles. The highest BCUT2D eigenvalue weighted by molar-refractivity contribution is 9.10. The predicted octanol–water partition coefficient (Wildman–Crippen LogP) is 2.49. The number of hydrogen-bond acceptors (Lipinski definition) is 3. The van der Waals surface area contributed by atoms with Crippen LogP contribution >= 0.6 is 15.9 Å². The molecule has 3 nitrogen and oxygen atoms in total. The molecule has 0 atom stereocenters. The summed E-state index contributed by atoms with van der Waals surface area (Å²) in [5.41, 5.74) is 7.43. The van der Waals surface area contributed by atoms with Crippen LogP contribution in [0, 0.1) is 0 Å². The van der Waals surface area contributed by atoms with Crippen LogP contribution in [0.25, 0.3) is 0 Å². The fraction of sp³-hybridized carbons (Fsp3) is 0.182. The number of halogens is 1. The molecule has 2 aromatic rings. The van der Waals surface area contributed by atoms with E-state index >= 15 is 0 Å². The minimum Gasteiger partial charge on any atom is -0.361 e. The fourth-order valence-corrected chi connectivity index (χ4v) is 1.60. The van der Waals surface area contributed by atoms with Crippen LogP contribution in [0.1, 0.15) is 17.0 Å². The molecule has 0 saturated carbocycles. The van der Waals surface area contributed by atoms with E-state index in [2.05, 4.69) is 33.2 Å². The van der Waals surface area contributed by atoms with Gasteiger partial charge in [0.15, 0.2) is 0 Å². The first kappa shape index (κ1) is 10.4. The number of nitrogens with zero attached hydrogens (tertiary/aromatic N) is 1. The second-order valence-corrected chi connectivity index (χ2v) is 4.21. The molecule has 1 aromatic carbocycles. The monoisotopic (exact) mass is 266 g/mol. The molecule has 4 heteroatoms. The molecule has 15 heavy (non-hydrogen) atoms. The van der Waals surface area contributed by atoms with E-state index in [1.165, 1.54) is 5.56 Å². The third kappa shape index (κ3) is 2.67. The Morgan fingerprint density at radius 3 is 2.60 bits per heavy atom. The summed E-state index contributed by atoms with van der Waals surface area (Å²) in [7, 11) is 0. The van der Waals surface area contributed by atoms with Crippen molar-refractivity contribution in [3.63, 3.8) is 0 Å². The fourth-order valence-electron chi connectivity index (χ4n) is 1.34. The van der Waals surface area contributed by atoms with Gasteiger partial charge in [-0.1, -0.05) is 33.2 Å². The SMILES string of the molecule is NCc1cc(Cc2ccc(Br)cc2)on1. The van der Waals surface area contributed by atoms with Crippen LogP contribution in [0.3, 0.4) is 0 Å². The van der Waals surface area contributed by atoms with Crippen molar-refractivity contribution in [3.05, 3.63) is 51.8 Å². The summed E-state index contributed by atoms with van der Waals surface area (Å²) in [4.78, 5) is 0. The maximum Gasteiger partial charge on any atom is 0.141 e. The number of benzene rings is 1. The van der Waals surface area contributed by atoms with Crippen molar-refractivity contribution >= 4 is 15.9 Å². The Bertz CT molecular complexity index is 436. The van der Waals surface area contributed by atoms with Crippen molar-refractivity contribution in [3.8, 4) is 0 Å². The van der Waals surface area contributed by atoms with Crippen LogP contribution < -0.4 is 5.73 Å². The van der Waals surface area contributed by atoms with Crippen molar-refractivity contribution in [2.24, 2.45) is 5.73 Å². The first-order valence-corrected chi connectivity index (χ1v) is 5.46. The predicted molar refractivity (Wildman–Crippen MR) is 61.3 cm³/mol. The molecule has 0 aliphatic rings. The highest BCUT2D eigenvalue weighted by atomic mass is 79.9. The lowest BCUT2D eigenvalue weighted by molar-refractivity contribution is 0.383. The van der Waals surface area contributed by atoms with Gasteiger partial charge >= 0.3 is 0 Å². The molecule has 0 fully saturated rings. The lowest BCUT2D eigenvalue weighted by Gasteiger charge is -1.96. The molecule has 0 saturated heterocycles. The standard InChI is InChI=1S/C11H11BrN2O/c12-9-3-1-8(2-4-9)5-11-6-10(7-13)14-15-11/h1-4,6H,5,7,13H2. The maximum absolute atomic E-state index is 5.45. The summed E-state index contributed by atoms with van der Waals surface area (Å²) < 4.78 is 6.22. The van der Waals surface area contributed by atoms with Crippen molar-refractivity contribution in [2.75, 3.05) is 0 Å². The van der Waals surface area contributed by atoms with Crippen molar-refractivity contribution in [1.29, 1.82) is 0 Å². The number of nitrogens with two attached hydrogens (primary N) is 1. The van der Waals surface area contributed by atoms with E-state index in [1.807, 2.05) is 18.2 Å². The van der Waals surface area contributed by atoms with Gasteiger partial charge < -0.3 is 10.3 Å². The van der Waals surface area contributed by atoms with Gasteiger partial charge in [-0.15, -0.1) is 0 Å². The minimum absolute atomic E-state index is 0.420. The Labute approximate surface area is 96.4 Å². The van der Waals surface area contributed by atoms with Gasteiger partial charge in [-0.25, -0.2) is 0 Å².